The number of aliphatic hydroxyl groups excluding tert-OH is 1. The lowest BCUT2D eigenvalue weighted by Gasteiger charge is -2.71. The predicted molar refractivity (Wildman–Crippen MR) is 132 cm³/mol. The molecule has 5 rings (SSSR count). The maximum absolute atomic E-state index is 13.2. The maximum Gasteiger partial charge on any atom is 0.312 e. The maximum atomic E-state index is 13.2. The molecule has 0 saturated heterocycles. The van der Waals surface area contributed by atoms with Crippen LogP contribution in [0.3, 0.4) is 0 Å². The number of ether oxygens (including phenoxy) is 1. The number of methoxy groups -OCH3 is 1. The molecule has 184 valence electrons. The summed E-state index contributed by atoms with van der Waals surface area (Å²) in [5, 5.41) is 10.9. The first-order valence-corrected chi connectivity index (χ1v) is 13.5. The summed E-state index contributed by atoms with van der Waals surface area (Å²) in [4.78, 5) is 13.2. The molecule has 0 aliphatic heterocycles. The molecule has 0 unspecified atom stereocenters. The third-order valence-electron chi connectivity index (χ3n) is 12.6. The Bertz CT molecular complexity index is 900. The van der Waals surface area contributed by atoms with Gasteiger partial charge in [0.25, 0.3) is 0 Å². The summed E-state index contributed by atoms with van der Waals surface area (Å²) >= 11 is 0. The van der Waals surface area contributed by atoms with Crippen LogP contribution >= 0.6 is 0 Å². The summed E-state index contributed by atoms with van der Waals surface area (Å²) in [6.07, 6.45) is 12.8. The first-order chi connectivity index (χ1) is 15.4. The van der Waals surface area contributed by atoms with Crippen LogP contribution in [0.4, 0.5) is 0 Å². The molecule has 0 amide bonds. The van der Waals surface area contributed by atoms with E-state index in [0.717, 1.165) is 51.4 Å². The standard InChI is InChI=1S/C30H46O3/c1-19-10-15-30(25(32)33-7)17-16-28(5)20(21(30)18-19)8-9-23-27(4)13-12-24(31)26(2,3)22(27)11-14-29(23,28)6/h8,21-24,31H,1,9-18H2,2-7H3/t21-,22-,23+,24-,27-,28+,29+,30-/m0/s1. The van der Waals surface area contributed by atoms with Gasteiger partial charge in [-0.2, -0.15) is 0 Å². The largest absolute Gasteiger partial charge is 0.469 e. The molecule has 0 spiro atoms. The van der Waals surface area contributed by atoms with Crippen molar-refractivity contribution in [2.45, 2.75) is 105 Å². The lowest BCUT2D eigenvalue weighted by Crippen LogP contribution is -2.64. The van der Waals surface area contributed by atoms with Crippen LogP contribution in [0.1, 0.15) is 98.8 Å². The average Bonchev–Trinajstić information content (AvgIpc) is 2.76. The van der Waals surface area contributed by atoms with Crippen molar-refractivity contribution in [1.29, 1.82) is 0 Å². The van der Waals surface area contributed by atoms with Crippen molar-refractivity contribution in [1.82, 2.24) is 0 Å². The summed E-state index contributed by atoms with van der Waals surface area (Å²) < 4.78 is 5.43. The second kappa shape index (κ2) is 7.21. The molecule has 1 N–H and O–H groups in total. The van der Waals surface area contributed by atoms with Gasteiger partial charge in [-0.1, -0.05) is 58.4 Å². The number of carbonyl (C=O) groups excluding carboxylic acids is 1. The molecule has 0 aromatic carbocycles. The second-order valence-electron chi connectivity index (χ2n) is 13.8. The van der Waals surface area contributed by atoms with Crippen molar-refractivity contribution < 1.29 is 14.6 Å². The highest BCUT2D eigenvalue weighted by atomic mass is 16.5. The molecule has 4 fully saturated rings. The zero-order chi connectivity index (χ0) is 24.0. The Morgan fingerprint density at radius 2 is 1.76 bits per heavy atom. The number of esters is 1. The van der Waals surface area contributed by atoms with Crippen LogP contribution < -0.4 is 0 Å². The van der Waals surface area contributed by atoms with E-state index < -0.39 is 0 Å². The van der Waals surface area contributed by atoms with Crippen molar-refractivity contribution in [3.05, 3.63) is 23.8 Å². The lowest BCUT2D eigenvalue weighted by molar-refractivity contribution is -0.204. The van der Waals surface area contributed by atoms with Gasteiger partial charge in [0.15, 0.2) is 0 Å². The molecule has 0 aromatic heterocycles. The lowest BCUT2D eigenvalue weighted by atomic mass is 9.34. The van der Waals surface area contributed by atoms with Crippen molar-refractivity contribution in [3.63, 3.8) is 0 Å². The minimum Gasteiger partial charge on any atom is -0.469 e. The Morgan fingerprint density at radius 3 is 2.45 bits per heavy atom. The van der Waals surface area contributed by atoms with Gasteiger partial charge in [0.05, 0.1) is 18.6 Å². The predicted octanol–water partition coefficient (Wildman–Crippen LogP) is 6.85. The molecule has 5 aliphatic rings. The fourth-order valence-electron chi connectivity index (χ4n) is 10.4. The molecule has 0 heterocycles. The smallest absolute Gasteiger partial charge is 0.312 e. The molecule has 4 saturated carbocycles. The fourth-order valence-corrected chi connectivity index (χ4v) is 10.4. The van der Waals surface area contributed by atoms with Crippen LogP contribution in [0.2, 0.25) is 0 Å². The van der Waals surface area contributed by atoms with E-state index >= 15 is 0 Å². The summed E-state index contributed by atoms with van der Waals surface area (Å²) in [6.45, 7) is 16.7. The molecular weight excluding hydrogens is 408 g/mol. The zero-order valence-electron chi connectivity index (χ0n) is 21.9. The summed E-state index contributed by atoms with van der Waals surface area (Å²) in [7, 11) is 1.57. The van der Waals surface area contributed by atoms with E-state index in [1.807, 2.05) is 0 Å². The molecule has 0 radical (unpaired) electrons. The van der Waals surface area contributed by atoms with Gasteiger partial charge in [-0.05, 0) is 97.7 Å². The number of hydrogen-bond donors (Lipinski definition) is 1. The van der Waals surface area contributed by atoms with E-state index in [1.165, 1.54) is 18.4 Å². The van der Waals surface area contributed by atoms with Crippen LogP contribution in [0.5, 0.6) is 0 Å². The van der Waals surface area contributed by atoms with Crippen LogP contribution in [-0.2, 0) is 9.53 Å². The fraction of sp³-hybridized carbons (Fsp3) is 0.833. The summed E-state index contributed by atoms with van der Waals surface area (Å²) in [5.41, 5.74) is 3.07. The number of allylic oxidation sites excluding steroid dienone is 3. The SMILES string of the molecule is C=C1CC[C@]2(C(=O)OC)CC[C@]3(C)C(=CC[C@@H]4[C@@]5(C)CC[C@H](O)C(C)(C)[C@@H]5CC[C@]43C)[C@@H]2C1. The van der Waals surface area contributed by atoms with E-state index in [4.69, 9.17) is 4.74 Å². The Hall–Kier alpha value is -1.09. The Balaban J connectivity index is 1.59. The van der Waals surface area contributed by atoms with Crippen molar-refractivity contribution in [2.24, 2.45) is 44.8 Å². The second-order valence-corrected chi connectivity index (χ2v) is 13.8. The number of aliphatic hydroxyl groups is 1. The van der Waals surface area contributed by atoms with Crippen LogP contribution in [0, 0.1) is 44.8 Å². The van der Waals surface area contributed by atoms with E-state index in [9.17, 15) is 9.90 Å². The van der Waals surface area contributed by atoms with Gasteiger partial charge >= 0.3 is 5.97 Å². The molecule has 0 bridgehead atoms. The number of hydrogen-bond acceptors (Lipinski definition) is 3. The number of carbonyl (C=O) groups is 1. The number of fused-ring (bicyclic) bond motifs is 7. The Morgan fingerprint density at radius 1 is 1.03 bits per heavy atom. The molecule has 3 nitrogen and oxygen atoms in total. The first kappa shape index (κ1) is 23.6. The highest BCUT2D eigenvalue weighted by molar-refractivity contribution is 5.78. The van der Waals surface area contributed by atoms with Crippen LogP contribution in [-0.4, -0.2) is 24.3 Å². The normalized spacial score (nSPS) is 50.8. The quantitative estimate of drug-likeness (QED) is 0.348. The molecule has 0 aromatic rings. The third kappa shape index (κ3) is 2.81. The average molecular weight is 455 g/mol. The Labute approximate surface area is 201 Å². The van der Waals surface area contributed by atoms with Gasteiger partial charge in [-0.3, -0.25) is 4.79 Å². The first-order valence-electron chi connectivity index (χ1n) is 13.5. The molecule has 5 aliphatic carbocycles. The van der Waals surface area contributed by atoms with Crippen LogP contribution in [0.25, 0.3) is 0 Å². The van der Waals surface area contributed by atoms with Gasteiger partial charge in [-0.25, -0.2) is 0 Å². The van der Waals surface area contributed by atoms with E-state index in [1.54, 1.807) is 12.7 Å². The molecule has 3 heteroatoms. The third-order valence-corrected chi connectivity index (χ3v) is 12.6. The summed E-state index contributed by atoms with van der Waals surface area (Å²) in [5.74, 6) is 1.45. The zero-order valence-corrected chi connectivity index (χ0v) is 21.9. The van der Waals surface area contributed by atoms with E-state index in [0.29, 0.717) is 11.8 Å². The van der Waals surface area contributed by atoms with Crippen molar-refractivity contribution in [2.75, 3.05) is 7.11 Å². The van der Waals surface area contributed by atoms with E-state index in [-0.39, 0.29) is 45.1 Å². The minimum absolute atomic E-state index is 0.00825. The van der Waals surface area contributed by atoms with Crippen molar-refractivity contribution >= 4 is 5.97 Å². The number of rotatable bonds is 1. The summed E-state index contributed by atoms with van der Waals surface area (Å²) in [6, 6.07) is 0. The van der Waals surface area contributed by atoms with Gasteiger partial charge in [0.1, 0.15) is 0 Å². The molecular formula is C30H46O3. The van der Waals surface area contributed by atoms with Gasteiger partial charge < -0.3 is 9.84 Å². The minimum atomic E-state index is -0.359. The molecule has 8 atom stereocenters. The van der Waals surface area contributed by atoms with E-state index in [2.05, 4.69) is 47.3 Å². The van der Waals surface area contributed by atoms with Gasteiger partial charge in [0.2, 0.25) is 0 Å². The van der Waals surface area contributed by atoms with Gasteiger partial charge in [-0.15, -0.1) is 0 Å². The monoisotopic (exact) mass is 454 g/mol. The highest BCUT2D eigenvalue weighted by Gasteiger charge is 2.68. The van der Waals surface area contributed by atoms with Crippen molar-refractivity contribution in [3.8, 4) is 0 Å². The van der Waals surface area contributed by atoms with Gasteiger partial charge in [0, 0.05) is 5.92 Å². The Kier molecular flexibility index (Phi) is 5.17. The topological polar surface area (TPSA) is 46.5 Å². The highest BCUT2D eigenvalue weighted by Crippen LogP contribution is 2.75. The van der Waals surface area contributed by atoms with Crippen LogP contribution in [0.15, 0.2) is 23.8 Å². The molecule has 33 heavy (non-hydrogen) atoms.